The molecule has 0 radical (unpaired) electrons. The molecule has 0 aliphatic carbocycles. The maximum Gasteiger partial charge on any atom is 0.223 e. The second kappa shape index (κ2) is 8.73. The molecule has 1 amide bonds. The summed E-state index contributed by atoms with van der Waals surface area (Å²) in [6, 6.07) is 10.3. The highest BCUT2D eigenvalue weighted by molar-refractivity contribution is 5.78. The van der Waals surface area contributed by atoms with Crippen molar-refractivity contribution in [2.45, 2.75) is 46.0 Å². The van der Waals surface area contributed by atoms with E-state index >= 15 is 0 Å². The maximum absolute atomic E-state index is 12.0. The zero-order valence-electron chi connectivity index (χ0n) is 11.6. The molecule has 0 fully saturated rings. The highest BCUT2D eigenvalue weighted by atomic mass is 16.1. The predicted molar refractivity (Wildman–Crippen MR) is 76.5 cm³/mol. The number of hydrogen-bond donors (Lipinski definition) is 1. The van der Waals surface area contributed by atoms with Gasteiger partial charge in [-0.05, 0) is 24.8 Å². The van der Waals surface area contributed by atoms with Gasteiger partial charge in [0.15, 0.2) is 0 Å². The van der Waals surface area contributed by atoms with Crippen LogP contribution in [0.4, 0.5) is 0 Å². The molecule has 0 aliphatic rings. The van der Waals surface area contributed by atoms with Crippen molar-refractivity contribution in [1.29, 1.82) is 0 Å². The summed E-state index contributed by atoms with van der Waals surface area (Å²) >= 11 is 0. The summed E-state index contributed by atoms with van der Waals surface area (Å²) in [5, 5.41) is 3.05. The largest absolute Gasteiger partial charge is 0.356 e. The van der Waals surface area contributed by atoms with Crippen molar-refractivity contribution in [3.63, 3.8) is 0 Å². The molecule has 18 heavy (non-hydrogen) atoms. The highest BCUT2D eigenvalue weighted by Gasteiger charge is 2.14. The molecule has 0 aromatic heterocycles. The molecule has 0 saturated heterocycles. The fraction of sp³-hybridized carbons (Fsp3) is 0.562. The van der Waals surface area contributed by atoms with Crippen LogP contribution in [0.1, 0.15) is 45.1 Å². The second-order valence-electron chi connectivity index (χ2n) is 4.77. The first kappa shape index (κ1) is 14.7. The van der Waals surface area contributed by atoms with Crippen LogP contribution in [0.3, 0.4) is 0 Å². The van der Waals surface area contributed by atoms with Crippen LogP contribution in [-0.4, -0.2) is 12.5 Å². The van der Waals surface area contributed by atoms with Crippen molar-refractivity contribution in [2.75, 3.05) is 6.54 Å². The Labute approximate surface area is 111 Å². The molecule has 0 bridgehead atoms. The number of benzene rings is 1. The Morgan fingerprint density at radius 2 is 1.94 bits per heavy atom. The zero-order valence-corrected chi connectivity index (χ0v) is 11.6. The SMILES string of the molecule is CCCCC(CC)C(=O)NCCc1ccccc1. The van der Waals surface area contributed by atoms with E-state index in [9.17, 15) is 4.79 Å². The van der Waals surface area contributed by atoms with E-state index in [0.29, 0.717) is 0 Å². The standard InChI is InChI=1S/C16H25NO/c1-3-5-11-15(4-2)16(18)17-13-12-14-9-7-6-8-10-14/h6-10,15H,3-5,11-13H2,1-2H3,(H,17,18). The van der Waals surface area contributed by atoms with Gasteiger partial charge in [-0.15, -0.1) is 0 Å². The summed E-state index contributed by atoms with van der Waals surface area (Å²) in [6.07, 6.45) is 5.18. The van der Waals surface area contributed by atoms with Crippen molar-refractivity contribution < 1.29 is 4.79 Å². The minimum atomic E-state index is 0.195. The molecule has 1 rings (SSSR count). The molecule has 1 aromatic carbocycles. The van der Waals surface area contributed by atoms with Crippen molar-refractivity contribution in [3.05, 3.63) is 35.9 Å². The Morgan fingerprint density at radius 3 is 2.56 bits per heavy atom. The van der Waals surface area contributed by atoms with Gasteiger partial charge in [-0.3, -0.25) is 4.79 Å². The molecule has 2 heteroatoms. The number of amides is 1. The first-order chi connectivity index (χ1) is 8.77. The summed E-state index contributed by atoms with van der Waals surface area (Å²) < 4.78 is 0. The van der Waals surface area contributed by atoms with Gasteiger partial charge in [-0.25, -0.2) is 0 Å². The van der Waals surface area contributed by atoms with Gasteiger partial charge in [-0.1, -0.05) is 57.0 Å². The Bertz CT molecular complexity index is 334. The van der Waals surface area contributed by atoms with Crippen LogP contribution >= 0.6 is 0 Å². The molecule has 1 unspecified atom stereocenters. The number of unbranched alkanes of at least 4 members (excludes halogenated alkanes) is 1. The predicted octanol–water partition coefficient (Wildman–Crippen LogP) is 3.56. The van der Waals surface area contributed by atoms with E-state index < -0.39 is 0 Å². The quantitative estimate of drug-likeness (QED) is 0.747. The third kappa shape index (κ3) is 5.35. The minimum Gasteiger partial charge on any atom is -0.356 e. The first-order valence-corrected chi connectivity index (χ1v) is 7.09. The summed E-state index contributed by atoms with van der Waals surface area (Å²) in [5.41, 5.74) is 1.28. The van der Waals surface area contributed by atoms with E-state index in [-0.39, 0.29) is 11.8 Å². The molecular weight excluding hydrogens is 222 g/mol. The van der Waals surface area contributed by atoms with Gasteiger partial charge in [-0.2, -0.15) is 0 Å². The van der Waals surface area contributed by atoms with E-state index in [1.807, 2.05) is 18.2 Å². The molecule has 0 spiro atoms. The van der Waals surface area contributed by atoms with Gasteiger partial charge in [0, 0.05) is 12.5 Å². The summed E-state index contributed by atoms with van der Waals surface area (Å²) in [6.45, 7) is 5.00. The van der Waals surface area contributed by atoms with Crippen LogP contribution in [0.5, 0.6) is 0 Å². The van der Waals surface area contributed by atoms with Gasteiger partial charge in [0.25, 0.3) is 0 Å². The fourth-order valence-electron chi connectivity index (χ4n) is 2.09. The Balaban J connectivity index is 2.27. The third-order valence-corrected chi connectivity index (χ3v) is 3.33. The molecule has 0 heterocycles. The smallest absolute Gasteiger partial charge is 0.223 e. The summed E-state index contributed by atoms with van der Waals surface area (Å²) in [5.74, 6) is 0.419. The van der Waals surface area contributed by atoms with Crippen LogP contribution in [0, 0.1) is 5.92 Å². The van der Waals surface area contributed by atoms with Crippen LogP contribution in [0.15, 0.2) is 30.3 Å². The fourth-order valence-corrected chi connectivity index (χ4v) is 2.09. The van der Waals surface area contributed by atoms with E-state index in [1.165, 1.54) is 5.56 Å². The molecule has 1 atom stereocenters. The van der Waals surface area contributed by atoms with Crippen LogP contribution in [0.2, 0.25) is 0 Å². The van der Waals surface area contributed by atoms with Gasteiger partial charge in [0.2, 0.25) is 5.91 Å². The Kier molecular flexibility index (Phi) is 7.16. The molecule has 1 aromatic rings. The Morgan fingerprint density at radius 1 is 1.22 bits per heavy atom. The average Bonchev–Trinajstić information content (AvgIpc) is 2.41. The van der Waals surface area contributed by atoms with Crippen LogP contribution in [-0.2, 0) is 11.2 Å². The topological polar surface area (TPSA) is 29.1 Å². The number of nitrogens with one attached hydrogen (secondary N) is 1. The van der Waals surface area contributed by atoms with E-state index in [4.69, 9.17) is 0 Å². The van der Waals surface area contributed by atoms with Crippen molar-refractivity contribution in [3.8, 4) is 0 Å². The van der Waals surface area contributed by atoms with Gasteiger partial charge in [0.05, 0.1) is 0 Å². The van der Waals surface area contributed by atoms with Crippen LogP contribution in [0.25, 0.3) is 0 Å². The molecule has 0 saturated carbocycles. The van der Waals surface area contributed by atoms with Gasteiger partial charge in [0.1, 0.15) is 0 Å². The lowest BCUT2D eigenvalue weighted by Crippen LogP contribution is -2.32. The van der Waals surface area contributed by atoms with Gasteiger partial charge < -0.3 is 5.32 Å². The molecule has 1 N–H and O–H groups in total. The monoisotopic (exact) mass is 247 g/mol. The molecule has 2 nitrogen and oxygen atoms in total. The maximum atomic E-state index is 12.0. The third-order valence-electron chi connectivity index (χ3n) is 3.33. The second-order valence-corrected chi connectivity index (χ2v) is 4.77. The lowest BCUT2D eigenvalue weighted by Gasteiger charge is -2.14. The summed E-state index contributed by atoms with van der Waals surface area (Å²) in [7, 11) is 0. The highest BCUT2D eigenvalue weighted by Crippen LogP contribution is 2.12. The lowest BCUT2D eigenvalue weighted by atomic mass is 9.98. The average molecular weight is 247 g/mol. The molecular formula is C16H25NO. The molecule has 0 aliphatic heterocycles. The van der Waals surface area contributed by atoms with E-state index in [0.717, 1.165) is 38.6 Å². The van der Waals surface area contributed by atoms with Crippen molar-refractivity contribution in [2.24, 2.45) is 5.92 Å². The van der Waals surface area contributed by atoms with Crippen molar-refractivity contribution >= 4 is 5.91 Å². The minimum absolute atomic E-state index is 0.195. The first-order valence-electron chi connectivity index (χ1n) is 7.09. The number of carbonyl (C=O) groups is 1. The number of rotatable bonds is 8. The zero-order chi connectivity index (χ0) is 13.2. The normalized spacial score (nSPS) is 12.1. The lowest BCUT2D eigenvalue weighted by molar-refractivity contribution is -0.125. The summed E-state index contributed by atoms with van der Waals surface area (Å²) in [4.78, 5) is 12.0. The number of hydrogen-bond acceptors (Lipinski definition) is 1. The van der Waals surface area contributed by atoms with Crippen LogP contribution < -0.4 is 5.32 Å². The molecule has 100 valence electrons. The van der Waals surface area contributed by atoms with E-state index in [1.54, 1.807) is 0 Å². The Hall–Kier alpha value is -1.31. The van der Waals surface area contributed by atoms with Gasteiger partial charge >= 0.3 is 0 Å². The van der Waals surface area contributed by atoms with Crippen molar-refractivity contribution in [1.82, 2.24) is 5.32 Å². The number of carbonyl (C=O) groups excluding carboxylic acids is 1. The van der Waals surface area contributed by atoms with E-state index in [2.05, 4.69) is 31.3 Å².